The van der Waals surface area contributed by atoms with Crippen molar-refractivity contribution >= 4 is 17.4 Å². The van der Waals surface area contributed by atoms with Gasteiger partial charge in [-0.15, -0.1) is 0 Å². The molecule has 2 fully saturated rings. The van der Waals surface area contributed by atoms with E-state index in [4.69, 9.17) is 16.6 Å². The van der Waals surface area contributed by atoms with Crippen LogP contribution in [0.5, 0.6) is 0 Å². The van der Waals surface area contributed by atoms with Crippen molar-refractivity contribution in [2.45, 2.75) is 51.6 Å². The summed E-state index contributed by atoms with van der Waals surface area (Å²) in [4.78, 5) is 14.1. The van der Waals surface area contributed by atoms with E-state index in [1.54, 1.807) is 0 Å². The molecule has 0 amide bonds. The molecule has 0 radical (unpaired) electrons. The molecule has 1 aromatic heterocycles. The molecule has 1 aliphatic carbocycles. The van der Waals surface area contributed by atoms with Crippen molar-refractivity contribution in [1.29, 1.82) is 0 Å². The van der Waals surface area contributed by atoms with E-state index >= 15 is 0 Å². The van der Waals surface area contributed by atoms with Crippen LogP contribution in [0.3, 0.4) is 0 Å². The maximum atomic E-state index is 6.32. The van der Waals surface area contributed by atoms with Crippen LogP contribution in [0.1, 0.15) is 44.0 Å². The lowest BCUT2D eigenvalue weighted by Crippen LogP contribution is -2.55. The summed E-state index contributed by atoms with van der Waals surface area (Å²) in [6.45, 7) is 8.56. The quantitative estimate of drug-likeness (QED) is 0.785. The fourth-order valence-corrected chi connectivity index (χ4v) is 3.07. The van der Waals surface area contributed by atoms with Gasteiger partial charge in [-0.05, 0) is 40.7 Å². The van der Waals surface area contributed by atoms with Crippen molar-refractivity contribution in [2.75, 3.05) is 25.0 Å². The zero-order valence-electron chi connectivity index (χ0n) is 12.7. The van der Waals surface area contributed by atoms with Crippen LogP contribution in [0.4, 0.5) is 5.82 Å². The summed E-state index contributed by atoms with van der Waals surface area (Å²) in [6, 6.07) is 1.05. The Morgan fingerprint density at radius 2 is 1.70 bits per heavy atom. The Labute approximate surface area is 126 Å². The van der Waals surface area contributed by atoms with Gasteiger partial charge in [0.2, 0.25) is 0 Å². The lowest BCUT2D eigenvalue weighted by Gasteiger charge is -2.43. The van der Waals surface area contributed by atoms with Gasteiger partial charge in [0.1, 0.15) is 16.8 Å². The van der Waals surface area contributed by atoms with E-state index < -0.39 is 0 Å². The molecule has 0 spiro atoms. The second-order valence-corrected chi connectivity index (χ2v) is 6.72. The first kappa shape index (κ1) is 14.1. The Morgan fingerprint density at radius 3 is 2.25 bits per heavy atom. The normalized spacial score (nSPS) is 27.9. The highest BCUT2D eigenvalue weighted by atomic mass is 35.5. The van der Waals surface area contributed by atoms with Crippen molar-refractivity contribution in [2.24, 2.45) is 0 Å². The number of aromatic nitrogens is 2. The third-order valence-electron chi connectivity index (χ3n) is 4.68. The van der Waals surface area contributed by atoms with E-state index in [0.717, 1.165) is 30.3 Å². The summed E-state index contributed by atoms with van der Waals surface area (Å²) in [5, 5.41) is 0.621. The molecular weight excluding hydrogens is 272 g/mol. The summed E-state index contributed by atoms with van der Waals surface area (Å²) >= 11 is 6.32. The van der Waals surface area contributed by atoms with Crippen LogP contribution in [-0.2, 0) is 0 Å². The minimum atomic E-state index is 0.524. The Kier molecular flexibility index (Phi) is 3.63. The van der Waals surface area contributed by atoms with Gasteiger partial charge in [-0.1, -0.05) is 11.6 Å². The molecule has 0 aromatic carbocycles. The molecule has 0 N–H and O–H groups in total. The first-order valence-corrected chi connectivity index (χ1v) is 7.86. The van der Waals surface area contributed by atoms with Gasteiger partial charge in [0.25, 0.3) is 0 Å². The maximum absolute atomic E-state index is 6.32. The first-order chi connectivity index (χ1) is 9.47. The van der Waals surface area contributed by atoms with Gasteiger partial charge in [0, 0.05) is 36.7 Å². The lowest BCUT2D eigenvalue weighted by atomic mass is 10.1. The highest BCUT2D eigenvalue weighted by Crippen LogP contribution is 2.40. The predicted octanol–water partition coefficient (Wildman–Crippen LogP) is 2.84. The molecule has 1 aliphatic heterocycles. The van der Waals surface area contributed by atoms with Gasteiger partial charge >= 0.3 is 0 Å². The lowest BCUT2D eigenvalue weighted by molar-refractivity contribution is 0.169. The summed E-state index contributed by atoms with van der Waals surface area (Å²) in [7, 11) is 2.20. The molecule has 2 unspecified atom stereocenters. The van der Waals surface area contributed by atoms with Crippen molar-refractivity contribution in [3.05, 3.63) is 16.5 Å². The number of nitrogens with zero attached hydrogens (tertiary/aromatic N) is 4. The van der Waals surface area contributed by atoms with Gasteiger partial charge in [-0.3, -0.25) is 4.90 Å². The molecule has 2 aliphatic rings. The van der Waals surface area contributed by atoms with Crippen molar-refractivity contribution in [3.63, 3.8) is 0 Å². The highest BCUT2D eigenvalue weighted by molar-refractivity contribution is 6.30. The largest absolute Gasteiger partial charge is 0.353 e. The van der Waals surface area contributed by atoms with Crippen LogP contribution in [-0.4, -0.2) is 47.1 Å². The number of halogens is 1. The van der Waals surface area contributed by atoms with E-state index in [1.165, 1.54) is 12.8 Å². The number of hydrogen-bond donors (Lipinski definition) is 0. The van der Waals surface area contributed by atoms with Crippen molar-refractivity contribution in [1.82, 2.24) is 14.9 Å². The monoisotopic (exact) mass is 294 g/mol. The summed E-state index contributed by atoms with van der Waals surface area (Å²) in [5.41, 5.74) is 1.01. The Bertz CT molecular complexity index is 503. The summed E-state index contributed by atoms with van der Waals surface area (Å²) in [6.07, 6.45) is 2.41. The average Bonchev–Trinajstić information content (AvgIpc) is 3.22. The zero-order chi connectivity index (χ0) is 14.4. The number of rotatable bonds is 2. The molecule has 0 bridgehead atoms. The molecular formula is C15H23ClN4. The molecule has 3 rings (SSSR count). The van der Waals surface area contributed by atoms with Crippen molar-refractivity contribution < 1.29 is 0 Å². The molecule has 110 valence electrons. The SMILES string of the molecule is Cc1c(Cl)nc(C2CC2)nc1N1CC(C)N(C)C(C)C1. The minimum Gasteiger partial charge on any atom is -0.353 e. The number of anilines is 1. The second-order valence-electron chi connectivity index (χ2n) is 6.36. The van der Waals surface area contributed by atoms with Crippen molar-refractivity contribution in [3.8, 4) is 0 Å². The minimum absolute atomic E-state index is 0.524. The van der Waals surface area contributed by atoms with Crippen LogP contribution < -0.4 is 4.90 Å². The molecule has 1 aromatic rings. The van der Waals surface area contributed by atoms with Crippen LogP contribution in [0.2, 0.25) is 5.15 Å². The number of likely N-dealkylation sites (N-methyl/N-ethyl adjacent to an activating group) is 1. The topological polar surface area (TPSA) is 32.3 Å². The highest BCUT2D eigenvalue weighted by Gasteiger charge is 2.32. The first-order valence-electron chi connectivity index (χ1n) is 7.48. The number of hydrogen-bond acceptors (Lipinski definition) is 4. The number of piperazine rings is 1. The molecule has 5 heteroatoms. The summed E-state index contributed by atoms with van der Waals surface area (Å²) in [5.74, 6) is 2.52. The van der Waals surface area contributed by atoms with Crippen LogP contribution in [0, 0.1) is 6.92 Å². The standard InChI is InChI=1S/C15H23ClN4/c1-9-7-20(8-10(2)19(9)4)15-11(3)13(16)17-14(18-15)12-5-6-12/h9-10,12H,5-8H2,1-4H3. The molecule has 4 nitrogen and oxygen atoms in total. The van der Waals surface area contributed by atoms with Gasteiger partial charge in [-0.2, -0.15) is 0 Å². The van der Waals surface area contributed by atoms with E-state index in [1.807, 2.05) is 6.92 Å². The fraction of sp³-hybridized carbons (Fsp3) is 0.733. The second kappa shape index (κ2) is 5.15. The van der Waals surface area contributed by atoms with E-state index in [-0.39, 0.29) is 0 Å². The van der Waals surface area contributed by atoms with Gasteiger partial charge in [-0.25, -0.2) is 9.97 Å². The fourth-order valence-electron chi connectivity index (χ4n) is 2.90. The van der Waals surface area contributed by atoms with Gasteiger partial charge in [0.15, 0.2) is 0 Å². The van der Waals surface area contributed by atoms with Crippen LogP contribution in [0.25, 0.3) is 0 Å². The Hall–Kier alpha value is -0.870. The molecule has 1 saturated carbocycles. The zero-order valence-corrected chi connectivity index (χ0v) is 13.5. The molecule has 2 heterocycles. The summed E-state index contributed by atoms with van der Waals surface area (Å²) < 4.78 is 0. The molecule has 1 saturated heterocycles. The van der Waals surface area contributed by atoms with E-state index in [9.17, 15) is 0 Å². The van der Waals surface area contributed by atoms with Crippen LogP contribution >= 0.6 is 11.6 Å². The van der Waals surface area contributed by atoms with Gasteiger partial charge < -0.3 is 4.90 Å². The van der Waals surface area contributed by atoms with Gasteiger partial charge in [0.05, 0.1) is 0 Å². The van der Waals surface area contributed by atoms with Crippen LogP contribution in [0.15, 0.2) is 0 Å². The predicted molar refractivity (Wildman–Crippen MR) is 82.7 cm³/mol. The average molecular weight is 295 g/mol. The Balaban J connectivity index is 1.92. The third-order valence-corrected chi connectivity index (χ3v) is 5.05. The molecule has 20 heavy (non-hydrogen) atoms. The van der Waals surface area contributed by atoms with E-state index in [2.05, 4.69) is 35.7 Å². The van der Waals surface area contributed by atoms with E-state index in [0.29, 0.717) is 23.2 Å². The third kappa shape index (κ3) is 2.51. The Morgan fingerprint density at radius 1 is 1.10 bits per heavy atom. The maximum Gasteiger partial charge on any atom is 0.137 e. The smallest absolute Gasteiger partial charge is 0.137 e. The molecule has 2 atom stereocenters.